The molecule has 3 nitrogen and oxygen atoms in total. The molecule has 0 aliphatic rings. The number of anilines is 2. The van der Waals surface area contributed by atoms with Gasteiger partial charge in [0.2, 0.25) is 5.91 Å². The molecule has 0 saturated heterocycles. The van der Waals surface area contributed by atoms with E-state index in [0.29, 0.717) is 18.0 Å². The highest BCUT2D eigenvalue weighted by Gasteiger charge is 2.11. The van der Waals surface area contributed by atoms with Crippen LogP contribution in [-0.2, 0) is 4.79 Å². The molecule has 0 unspecified atom stereocenters. The fourth-order valence-corrected chi connectivity index (χ4v) is 2.69. The Morgan fingerprint density at radius 1 is 1.38 bits per heavy atom. The Hall–Kier alpha value is -0.550. The number of nitrogens with one attached hydrogen (secondary N) is 1. The van der Waals surface area contributed by atoms with E-state index in [0.717, 1.165) is 14.6 Å². The summed E-state index contributed by atoms with van der Waals surface area (Å²) < 4.78 is 1.55. The van der Waals surface area contributed by atoms with Gasteiger partial charge in [0, 0.05) is 21.1 Å². The standard InChI is InChI=1S/C11H14Br2N2O/c1-6(2)3-10(16)15-11-8(12)4-7(14)5-9(11)13/h4-6H,3,14H2,1-2H3,(H,15,16). The Balaban J connectivity index is 2.85. The summed E-state index contributed by atoms with van der Waals surface area (Å²) in [5.41, 5.74) is 7.03. The third-order valence-corrected chi connectivity index (χ3v) is 3.17. The van der Waals surface area contributed by atoms with E-state index < -0.39 is 0 Å². The smallest absolute Gasteiger partial charge is 0.224 e. The predicted octanol–water partition coefficient (Wildman–Crippen LogP) is 3.78. The van der Waals surface area contributed by atoms with Crippen molar-refractivity contribution >= 4 is 49.1 Å². The first-order valence-corrected chi connectivity index (χ1v) is 6.53. The Morgan fingerprint density at radius 3 is 2.31 bits per heavy atom. The number of halogens is 2. The fourth-order valence-electron chi connectivity index (χ4n) is 1.27. The monoisotopic (exact) mass is 348 g/mol. The minimum atomic E-state index is 0.00108. The summed E-state index contributed by atoms with van der Waals surface area (Å²) in [6, 6.07) is 3.52. The topological polar surface area (TPSA) is 55.1 Å². The van der Waals surface area contributed by atoms with E-state index in [-0.39, 0.29) is 5.91 Å². The first kappa shape index (κ1) is 13.5. The van der Waals surface area contributed by atoms with Crippen LogP contribution in [0.5, 0.6) is 0 Å². The summed E-state index contributed by atoms with van der Waals surface area (Å²) in [6.07, 6.45) is 0.503. The zero-order valence-electron chi connectivity index (χ0n) is 9.18. The average molecular weight is 350 g/mol. The van der Waals surface area contributed by atoms with Crippen LogP contribution in [0.15, 0.2) is 21.1 Å². The van der Waals surface area contributed by atoms with Crippen LogP contribution in [0.3, 0.4) is 0 Å². The van der Waals surface area contributed by atoms with Crippen LogP contribution in [0.25, 0.3) is 0 Å². The molecular formula is C11H14Br2N2O. The normalized spacial score (nSPS) is 10.6. The molecule has 0 saturated carbocycles. The van der Waals surface area contributed by atoms with Crippen molar-refractivity contribution in [3.8, 4) is 0 Å². The molecule has 88 valence electrons. The molecule has 1 aromatic carbocycles. The molecule has 0 fully saturated rings. The second-order valence-electron chi connectivity index (χ2n) is 4.01. The van der Waals surface area contributed by atoms with Crippen LogP contribution >= 0.6 is 31.9 Å². The van der Waals surface area contributed by atoms with Crippen molar-refractivity contribution in [2.24, 2.45) is 5.92 Å². The average Bonchev–Trinajstić information content (AvgIpc) is 2.09. The van der Waals surface area contributed by atoms with Gasteiger partial charge in [0.1, 0.15) is 0 Å². The number of amides is 1. The zero-order chi connectivity index (χ0) is 12.3. The zero-order valence-corrected chi connectivity index (χ0v) is 12.4. The highest BCUT2D eigenvalue weighted by molar-refractivity contribution is 9.11. The molecule has 0 aliphatic heterocycles. The van der Waals surface area contributed by atoms with E-state index in [1.54, 1.807) is 12.1 Å². The SMILES string of the molecule is CC(C)CC(=O)Nc1c(Br)cc(N)cc1Br. The van der Waals surface area contributed by atoms with Crippen molar-refractivity contribution < 1.29 is 4.79 Å². The lowest BCUT2D eigenvalue weighted by Crippen LogP contribution is -2.14. The molecule has 0 aromatic heterocycles. The summed E-state index contributed by atoms with van der Waals surface area (Å²) in [5, 5.41) is 2.85. The lowest BCUT2D eigenvalue weighted by atomic mass is 10.1. The molecule has 16 heavy (non-hydrogen) atoms. The summed E-state index contributed by atoms with van der Waals surface area (Å²) in [5.74, 6) is 0.340. The Kier molecular flexibility index (Phi) is 4.80. The first-order chi connectivity index (χ1) is 7.40. The Bertz CT molecular complexity index is 382. The van der Waals surface area contributed by atoms with Crippen molar-refractivity contribution in [2.45, 2.75) is 20.3 Å². The summed E-state index contributed by atoms with van der Waals surface area (Å²) in [4.78, 5) is 11.6. The molecule has 0 spiro atoms. The maximum absolute atomic E-state index is 11.6. The number of nitrogen functional groups attached to an aromatic ring is 1. The quantitative estimate of drug-likeness (QED) is 0.816. The van der Waals surface area contributed by atoms with Gasteiger partial charge in [-0.05, 0) is 49.9 Å². The van der Waals surface area contributed by atoms with Crippen LogP contribution in [0.4, 0.5) is 11.4 Å². The van der Waals surface area contributed by atoms with Crippen LogP contribution in [0, 0.1) is 5.92 Å². The van der Waals surface area contributed by atoms with Crippen LogP contribution in [0.1, 0.15) is 20.3 Å². The maximum Gasteiger partial charge on any atom is 0.224 e. The third kappa shape index (κ3) is 3.79. The summed E-state index contributed by atoms with van der Waals surface area (Å²) in [7, 11) is 0. The van der Waals surface area contributed by atoms with Gasteiger partial charge in [-0.3, -0.25) is 4.79 Å². The van der Waals surface area contributed by atoms with E-state index in [4.69, 9.17) is 5.73 Å². The van der Waals surface area contributed by atoms with Crippen molar-refractivity contribution in [3.63, 3.8) is 0 Å². The molecule has 0 aliphatic carbocycles. The van der Waals surface area contributed by atoms with Gasteiger partial charge in [-0.15, -0.1) is 0 Å². The first-order valence-electron chi connectivity index (χ1n) is 4.94. The number of hydrogen-bond acceptors (Lipinski definition) is 2. The minimum absolute atomic E-state index is 0.00108. The number of nitrogens with two attached hydrogens (primary N) is 1. The maximum atomic E-state index is 11.6. The van der Waals surface area contributed by atoms with Gasteiger partial charge >= 0.3 is 0 Å². The largest absolute Gasteiger partial charge is 0.399 e. The van der Waals surface area contributed by atoms with E-state index >= 15 is 0 Å². The Labute approximate surface area is 112 Å². The molecule has 0 heterocycles. The molecule has 1 rings (SSSR count). The van der Waals surface area contributed by atoms with Crippen molar-refractivity contribution in [1.29, 1.82) is 0 Å². The molecule has 5 heteroatoms. The van der Waals surface area contributed by atoms with Gasteiger partial charge in [-0.25, -0.2) is 0 Å². The highest BCUT2D eigenvalue weighted by atomic mass is 79.9. The Morgan fingerprint density at radius 2 is 1.88 bits per heavy atom. The van der Waals surface area contributed by atoms with Crippen LogP contribution < -0.4 is 11.1 Å². The van der Waals surface area contributed by atoms with Crippen molar-refractivity contribution in [1.82, 2.24) is 0 Å². The van der Waals surface area contributed by atoms with Crippen LogP contribution in [0.2, 0.25) is 0 Å². The molecule has 3 N–H and O–H groups in total. The van der Waals surface area contributed by atoms with Gasteiger partial charge in [-0.2, -0.15) is 0 Å². The summed E-state index contributed by atoms with van der Waals surface area (Å²) in [6.45, 7) is 4.01. The number of carbonyl (C=O) groups excluding carboxylic acids is 1. The third-order valence-electron chi connectivity index (χ3n) is 1.92. The van der Waals surface area contributed by atoms with E-state index in [9.17, 15) is 4.79 Å². The lowest BCUT2D eigenvalue weighted by molar-refractivity contribution is -0.116. The van der Waals surface area contributed by atoms with Crippen LogP contribution in [-0.4, -0.2) is 5.91 Å². The fraction of sp³-hybridized carbons (Fsp3) is 0.364. The van der Waals surface area contributed by atoms with Gasteiger partial charge in [0.05, 0.1) is 5.69 Å². The van der Waals surface area contributed by atoms with Gasteiger partial charge < -0.3 is 11.1 Å². The second-order valence-corrected chi connectivity index (χ2v) is 5.71. The molecule has 0 bridgehead atoms. The number of carbonyl (C=O) groups is 1. The molecule has 0 atom stereocenters. The number of hydrogen-bond donors (Lipinski definition) is 2. The minimum Gasteiger partial charge on any atom is -0.399 e. The van der Waals surface area contributed by atoms with Gasteiger partial charge in [0.25, 0.3) is 0 Å². The lowest BCUT2D eigenvalue weighted by Gasteiger charge is -2.11. The van der Waals surface area contributed by atoms with E-state index in [1.165, 1.54) is 0 Å². The van der Waals surface area contributed by atoms with Crippen molar-refractivity contribution in [3.05, 3.63) is 21.1 Å². The molecular weight excluding hydrogens is 336 g/mol. The summed E-state index contributed by atoms with van der Waals surface area (Å²) >= 11 is 6.74. The molecule has 1 aromatic rings. The van der Waals surface area contributed by atoms with E-state index in [2.05, 4.69) is 37.2 Å². The van der Waals surface area contributed by atoms with Gasteiger partial charge in [0.15, 0.2) is 0 Å². The highest BCUT2D eigenvalue weighted by Crippen LogP contribution is 2.33. The van der Waals surface area contributed by atoms with Gasteiger partial charge in [-0.1, -0.05) is 13.8 Å². The molecule has 0 radical (unpaired) electrons. The number of rotatable bonds is 3. The second kappa shape index (κ2) is 5.68. The molecule has 1 amide bonds. The predicted molar refractivity (Wildman–Crippen MR) is 74.3 cm³/mol. The number of benzene rings is 1. The van der Waals surface area contributed by atoms with Crippen molar-refractivity contribution in [2.75, 3.05) is 11.1 Å². The van der Waals surface area contributed by atoms with E-state index in [1.807, 2.05) is 13.8 Å².